The van der Waals surface area contributed by atoms with E-state index in [9.17, 15) is 4.57 Å². The Hall–Kier alpha value is 0.420. The second kappa shape index (κ2) is 4.96. The van der Waals surface area contributed by atoms with Crippen molar-refractivity contribution < 1.29 is 18.1 Å². The normalized spacial score (nSPS) is 14.9. The molecule has 1 aromatic carbocycles. The zero-order chi connectivity index (χ0) is 10.8. The molecule has 0 radical (unpaired) electrons. The van der Waals surface area contributed by atoms with Gasteiger partial charge >= 0.3 is 7.82 Å². The van der Waals surface area contributed by atoms with Gasteiger partial charge in [0, 0.05) is 4.47 Å². The Labute approximate surface area is 102 Å². The van der Waals surface area contributed by atoms with Crippen molar-refractivity contribution in [2.24, 2.45) is 0 Å². The van der Waals surface area contributed by atoms with Crippen LogP contribution < -0.4 is 4.52 Å². The molecule has 0 aromatic heterocycles. The van der Waals surface area contributed by atoms with Crippen LogP contribution in [0.25, 0.3) is 0 Å². The molecule has 0 bridgehead atoms. The minimum Gasteiger partial charge on any atom is -0.402 e. The fourth-order valence-electron chi connectivity index (χ4n) is 0.688. The average Bonchev–Trinajstić information content (AvgIpc) is 2.10. The van der Waals surface area contributed by atoms with Crippen LogP contribution in [0.15, 0.2) is 27.1 Å². The Morgan fingerprint density at radius 1 is 1.43 bits per heavy atom. The summed E-state index contributed by atoms with van der Waals surface area (Å²) in [6.45, 7) is 0. The topological polar surface area (TPSA) is 55.8 Å². The van der Waals surface area contributed by atoms with E-state index in [0.29, 0.717) is 4.47 Å². The predicted octanol–water partition coefficient (Wildman–Crippen LogP) is 3.86. The van der Waals surface area contributed by atoms with Gasteiger partial charge in [0.15, 0.2) is 0 Å². The smallest absolute Gasteiger partial charge is 0.402 e. The van der Waals surface area contributed by atoms with Crippen LogP contribution in [-0.4, -0.2) is 4.89 Å². The fourth-order valence-corrected chi connectivity index (χ4v) is 2.46. The van der Waals surface area contributed by atoms with E-state index in [2.05, 4.69) is 40.5 Å². The third-order valence-corrected chi connectivity index (χ3v) is 3.43. The lowest BCUT2D eigenvalue weighted by atomic mass is 10.3. The van der Waals surface area contributed by atoms with Crippen molar-refractivity contribution in [2.45, 2.75) is 0 Å². The highest BCUT2D eigenvalue weighted by Crippen LogP contribution is 2.47. The molecular weight excluding hydrogens is 362 g/mol. The molecule has 0 fully saturated rings. The highest BCUT2D eigenvalue weighted by atomic mass is 79.9. The molecule has 1 unspecified atom stereocenters. The van der Waals surface area contributed by atoms with Gasteiger partial charge in [-0.1, -0.05) is 15.9 Å². The van der Waals surface area contributed by atoms with Crippen LogP contribution in [0.1, 0.15) is 0 Å². The lowest BCUT2D eigenvalue weighted by Crippen LogP contribution is -1.92. The molecule has 1 rings (SSSR count). The maximum atomic E-state index is 10.9. The van der Waals surface area contributed by atoms with Crippen molar-refractivity contribution in [1.29, 1.82) is 0 Å². The molecule has 78 valence electrons. The summed E-state index contributed by atoms with van der Waals surface area (Å²) in [5.74, 6) is 0.166. The number of rotatable bonds is 3. The third kappa shape index (κ3) is 3.53. The fraction of sp³-hybridized carbons (Fsp3) is 0. The molecule has 1 atom stereocenters. The Balaban J connectivity index is 2.93. The second-order valence-corrected chi connectivity index (χ2v) is 5.65. The molecule has 0 aliphatic heterocycles. The minimum absolute atomic E-state index is 0.166. The molecule has 1 N–H and O–H groups in total. The second-order valence-electron chi connectivity index (χ2n) is 2.20. The van der Waals surface area contributed by atoms with Gasteiger partial charge in [0.25, 0.3) is 0 Å². The van der Waals surface area contributed by atoms with Crippen molar-refractivity contribution >= 4 is 51.5 Å². The molecule has 14 heavy (non-hydrogen) atoms. The van der Waals surface area contributed by atoms with Gasteiger partial charge in [-0.15, -0.1) is 0 Å². The van der Waals surface area contributed by atoms with E-state index in [4.69, 9.17) is 16.8 Å². The third-order valence-electron chi connectivity index (χ3n) is 1.19. The maximum absolute atomic E-state index is 10.9. The molecule has 4 nitrogen and oxygen atoms in total. The molecule has 8 heteroatoms. The molecule has 0 aliphatic carbocycles. The van der Waals surface area contributed by atoms with E-state index in [-0.39, 0.29) is 5.75 Å². The number of benzene rings is 1. The Morgan fingerprint density at radius 2 is 2.07 bits per heavy atom. The first-order chi connectivity index (χ1) is 6.44. The van der Waals surface area contributed by atoms with Gasteiger partial charge < -0.3 is 4.52 Å². The Kier molecular flexibility index (Phi) is 4.43. The summed E-state index contributed by atoms with van der Waals surface area (Å²) >= 11 is 11.1. The zero-order valence-electron chi connectivity index (χ0n) is 6.49. The summed E-state index contributed by atoms with van der Waals surface area (Å²) in [5, 5.41) is 0. The van der Waals surface area contributed by atoms with Crippen LogP contribution in [0, 0.1) is 0 Å². The van der Waals surface area contributed by atoms with Crippen molar-refractivity contribution in [3.63, 3.8) is 0 Å². The average molecular weight is 366 g/mol. The van der Waals surface area contributed by atoms with Gasteiger partial charge in [-0.05, 0) is 34.1 Å². The summed E-state index contributed by atoms with van der Waals surface area (Å²) < 4.78 is 20.6. The number of hydrogen-bond acceptors (Lipinski definition) is 3. The van der Waals surface area contributed by atoms with Gasteiger partial charge in [0.05, 0.1) is 16.3 Å². The van der Waals surface area contributed by atoms with E-state index >= 15 is 0 Å². The van der Waals surface area contributed by atoms with Crippen LogP contribution in [-0.2, 0) is 8.64 Å². The molecular formula is C6H4Br2ClO4P. The van der Waals surface area contributed by atoms with Gasteiger partial charge in [-0.25, -0.2) is 4.57 Å². The van der Waals surface area contributed by atoms with E-state index in [1.54, 1.807) is 12.1 Å². The molecule has 0 heterocycles. The minimum atomic E-state index is -4.22. The van der Waals surface area contributed by atoms with E-state index in [1.807, 2.05) is 0 Å². The maximum Gasteiger partial charge on any atom is 0.544 e. The van der Waals surface area contributed by atoms with Crippen LogP contribution in [0.2, 0.25) is 0 Å². The van der Waals surface area contributed by atoms with Crippen molar-refractivity contribution in [3.8, 4) is 5.75 Å². The SMILES string of the molecule is O=P(O)(OCl)Oc1ccc(Br)cc1Br. The summed E-state index contributed by atoms with van der Waals surface area (Å²) in [6.07, 6.45) is 0. The van der Waals surface area contributed by atoms with E-state index < -0.39 is 7.82 Å². The van der Waals surface area contributed by atoms with Crippen LogP contribution in [0.3, 0.4) is 0 Å². The predicted molar refractivity (Wildman–Crippen MR) is 59.2 cm³/mol. The number of halogens is 3. The summed E-state index contributed by atoms with van der Waals surface area (Å²) in [7, 11) is -4.22. The highest BCUT2D eigenvalue weighted by molar-refractivity contribution is 9.11. The first-order valence-corrected chi connectivity index (χ1v) is 6.61. The number of phosphoric acid groups is 1. The van der Waals surface area contributed by atoms with E-state index in [0.717, 1.165) is 4.47 Å². The lowest BCUT2D eigenvalue weighted by Gasteiger charge is -2.09. The van der Waals surface area contributed by atoms with Gasteiger partial charge in [0.2, 0.25) is 0 Å². The Morgan fingerprint density at radius 3 is 2.57 bits per heavy atom. The quantitative estimate of drug-likeness (QED) is 0.826. The molecule has 0 aliphatic rings. The van der Waals surface area contributed by atoms with Crippen molar-refractivity contribution in [2.75, 3.05) is 0 Å². The van der Waals surface area contributed by atoms with Crippen LogP contribution in [0.5, 0.6) is 5.75 Å². The summed E-state index contributed by atoms with van der Waals surface area (Å²) in [6, 6.07) is 4.80. The molecule has 0 amide bonds. The van der Waals surface area contributed by atoms with E-state index in [1.165, 1.54) is 6.07 Å². The highest BCUT2D eigenvalue weighted by Gasteiger charge is 2.23. The van der Waals surface area contributed by atoms with Gasteiger partial charge in [-0.3, -0.25) is 4.89 Å². The monoisotopic (exact) mass is 364 g/mol. The van der Waals surface area contributed by atoms with Crippen molar-refractivity contribution in [3.05, 3.63) is 27.1 Å². The van der Waals surface area contributed by atoms with Crippen LogP contribution in [0.4, 0.5) is 0 Å². The number of hydrogen-bond donors (Lipinski definition) is 1. The first-order valence-electron chi connectivity index (χ1n) is 3.22. The Bertz CT molecular complexity index is 386. The van der Waals surface area contributed by atoms with Crippen LogP contribution >= 0.6 is 51.5 Å². The molecule has 0 saturated heterocycles. The summed E-state index contributed by atoms with van der Waals surface area (Å²) in [4.78, 5) is 8.92. The lowest BCUT2D eigenvalue weighted by molar-refractivity contribution is 0.300. The largest absolute Gasteiger partial charge is 0.544 e. The molecule has 0 spiro atoms. The molecule has 1 aromatic rings. The standard InChI is InChI=1S/C6H4Br2ClO4P/c7-4-1-2-6(5(8)3-4)12-14(10,11)13-9/h1-3H,(H,10,11). The zero-order valence-corrected chi connectivity index (χ0v) is 11.3. The number of phosphoric ester groups is 1. The van der Waals surface area contributed by atoms with Crippen molar-refractivity contribution in [1.82, 2.24) is 0 Å². The van der Waals surface area contributed by atoms with Gasteiger partial charge in [-0.2, -0.15) is 4.08 Å². The van der Waals surface area contributed by atoms with Gasteiger partial charge in [0.1, 0.15) is 5.75 Å². The molecule has 0 saturated carbocycles. The first kappa shape index (κ1) is 12.5. The summed E-state index contributed by atoms with van der Waals surface area (Å²) in [5.41, 5.74) is 0.